The highest BCUT2D eigenvalue weighted by Crippen LogP contribution is 2.29. The Morgan fingerprint density at radius 1 is 1.23 bits per heavy atom. The summed E-state index contributed by atoms with van der Waals surface area (Å²) in [6, 6.07) is 10.2. The Balaban J connectivity index is 2.46. The number of aromatic nitrogens is 1. The summed E-state index contributed by atoms with van der Waals surface area (Å²) in [5.41, 5.74) is -0.0684. The van der Waals surface area contributed by atoms with Gasteiger partial charge in [-0.3, -0.25) is 0 Å². The van der Waals surface area contributed by atoms with Gasteiger partial charge in [0.15, 0.2) is 5.82 Å². The third-order valence-corrected chi connectivity index (χ3v) is 5.99. The van der Waals surface area contributed by atoms with Crippen LogP contribution in [0.15, 0.2) is 47.4 Å². The second-order valence-electron chi connectivity index (χ2n) is 5.53. The Morgan fingerprint density at radius 3 is 2.50 bits per heavy atom. The quantitative estimate of drug-likeness (QED) is 0.503. The van der Waals surface area contributed by atoms with Gasteiger partial charge in [0, 0.05) is 5.39 Å². The molecule has 0 amide bonds. The van der Waals surface area contributed by atoms with Gasteiger partial charge in [0.05, 0.1) is 22.0 Å². The molecule has 0 unspecified atom stereocenters. The van der Waals surface area contributed by atoms with E-state index < -0.39 is 21.8 Å². The van der Waals surface area contributed by atoms with Gasteiger partial charge < -0.3 is 4.74 Å². The van der Waals surface area contributed by atoms with E-state index in [0.29, 0.717) is 0 Å². The van der Waals surface area contributed by atoms with Gasteiger partial charge in [-0.2, -0.15) is 0 Å². The van der Waals surface area contributed by atoms with Crippen molar-refractivity contribution < 1.29 is 22.3 Å². The van der Waals surface area contributed by atoms with E-state index in [-0.39, 0.29) is 38.6 Å². The van der Waals surface area contributed by atoms with Crippen LogP contribution in [0.25, 0.3) is 10.9 Å². The fourth-order valence-corrected chi connectivity index (χ4v) is 4.57. The first kappa shape index (κ1) is 18.5. The summed E-state index contributed by atoms with van der Waals surface area (Å²) >= 11 is 5.84. The number of halogens is 2. The zero-order valence-corrected chi connectivity index (χ0v) is 15.6. The topological polar surface area (TPSA) is 65.4 Å². The summed E-state index contributed by atoms with van der Waals surface area (Å²) in [7, 11) is -2.70. The number of fused-ring (bicyclic) bond motifs is 1. The third-order valence-electron chi connectivity index (χ3n) is 3.98. The molecule has 0 radical (unpaired) electrons. The zero-order valence-electron chi connectivity index (χ0n) is 14.0. The van der Waals surface area contributed by atoms with Crippen molar-refractivity contribution in [1.82, 2.24) is 3.97 Å². The van der Waals surface area contributed by atoms with Crippen molar-refractivity contribution in [2.24, 2.45) is 0 Å². The molecule has 26 heavy (non-hydrogen) atoms. The molecule has 3 aromatic rings. The van der Waals surface area contributed by atoms with Crippen LogP contribution in [0.5, 0.6) is 0 Å². The van der Waals surface area contributed by atoms with Crippen LogP contribution in [0.2, 0.25) is 5.02 Å². The summed E-state index contributed by atoms with van der Waals surface area (Å²) in [6.45, 7) is 1.65. The van der Waals surface area contributed by atoms with Crippen LogP contribution < -0.4 is 5.46 Å². The van der Waals surface area contributed by atoms with E-state index in [2.05, 4.69) is 0 Å². The van der Waals surface area contributed by atoms with Crippen LogP contribution in [0, 0.1) is 5.82 Å². The van der Waals surface area contributed by atoms with E-state index in [1.165, 1.54) is 32.1 Å². The summed E-state index contributed by atoms with van der Waals surface area (Å²) in [5, 5.41) is -0.190. The van der Waals surface area contributed by atoms with Crippen molar-refractivity contribution in [3.63, 3.8) is 0 Å². The number of esters is 1. The Bertz CT molecular complexity index is 1110. The molecule has 9 heteroatoms. The SMILES string of the molecule is Bc1c(C(=O)OCC)n(S(=O)(=O)c2ccccc2)c2ccc(Cl)c(F)c12. The minimum Gasteiger partial charge on any atom is -0.461 e. The Hall–Kier alpha value is -2.32. The molecular formula is C17H14BClFNO4S. The average molecular weight is 394 g/mol. The molecule has 0 saturated carbocycles. The van der Waals surface area contributed by atoms with Crippen molar-refractivity contribution in [3.8, 4) is 0 Å². The molecule has 5 nitrogen and oxygen atoms in total. The second-order valence-corrected chi connectivity index (χ2v) is 7.73. The number of carbonyl (C=O) groups is 1. The molecule has 0 spiro atoms. The lowest BCUT2D eigenvalue weighted by Gasteiger charge is -2.12. The lowest BCUT2D eigenvalue weighted by Crippen LogP contribution is -2.25. The fourth-order valence-electron chi connectivity index (χ4n) is 2.84. The number of rotatable bonds is 4. The molecule has 0 fully saturated rings. The third kappa shape index (κ3) is 2.79. The number of carbonyl (C=O) groups excluding carboxylic acids is 1. The van der Waals surface area contributed by atoms with Crippen LogP contribution in [-0.2, 0) is 14.8 Å². The lowest BCUT2D eigenvalue weighted by molar-refractivity contribution is 0.0520. The van der Waals surface area contributed by atoms with E-state index in [1.54, 1.807) is 25.1 Å². The molecule has 0 saturated heterocycles. The predicted octanol–water partition coefficient (Wildman–Crippen LogP) is 2.11. The van der Waals surface area contributed by atoms with Gasteiger partial charge in [-0.15, -0.1) is 0 Å². The van der Waals surface area contributed by atoms with Gasteiger partial charge in [0.1, 0.15) is 13.5 Å². The maximum Gasteiger partial charge on any atom is 0.355 e. The molecule has 134 valence electrons. The molecule has 3 rings (SSSR count). The number of nitrogens with zero attached hydrogens (tertiary/aromatic N) is 1. The van der Waals surface area contributed by atoms with Gasteiger partial charge in [-0.25, -0.2) is 21.6 Å². The van der Waals surface area contributed by atoms with Gasteiger partial charge in [0.2, 0.25) is 0 Å². The standard InChI is InChI=1S/C17H14BClFNO4S/c1-2-25-17(22)16-14(18)13-12(9-8-11(19)15(13)20)21(16)26(23,24)10-6-4-3-5-7-10/h3-9H,2,18H2,1H3. The zero-order chi connectivity index (χ0) is 19.1. The molecule has 0 aliphatic rings. The summed E-state index contributed by atoms with van der Waals surface area (Å²) in [5.74, 6) is -1.63. The van der Waals surface area contributed by atoms with Crippen molar-refractivity contribution in [2.45, 2.75) is 11.8 Å². The highest BCUT2D eigenvalue weighted by molar-refractivity contribution is 7.90. The first-order valence-electron chi connectivity index (χ1n) is 7.77. The van der Waals surface area contributed by atoms with E-state index in [1.807, 2.05) is 0 Å². The van der Waals surface area contributed by atoms with Gasteiger partial charge in [-0.1, -0.05) is 29.8 Å². The smallest absolute Gasteiger partial charge is 0.355 e. The van der Waals surface area contributed by atoms with E-state index in [4.69, 9.17) is 16.3 Å². The van der Waals surface area contributed by atoms with E-state index in [0.717, 1.165) is 3.97 Å². The molecule has 2 aromatic carbocycles. The maximum absolute atomic E-state index is 14.6. The Labute approximate surface area is 155 Å². The molecule has 0 atom stereocenters. The van der Waals surface area contributed by atoms with Crippen molar-refractivity contribution >= 4 is 51.8 Å². The summed E-state index contributed by atoms with van der Waals surface area (Å²) in [4.78, 5) is 12.4. The monoisotopic (exact) mass is 393 g/mol. The van der Waals surface area contributed by atoms with Crippen LogP contribution in [0.4, 0.5) is 4.39 Å². The molecular weight excluding hydrogens is 380 g/mol. The Kier molecular flexibility index (Phi) is 4.81. The van der Waals surface area contributed by atoms with Gasteiger partial charge in [-0.05, 0) is 36.7 Å². The number of hydrogen-bond acceptors (Lipinski definition) is 4. The minimum atomic E-state index is -4.16. The van der Waals surface area contributed by atoms with Crippen LogP contribution in [0.1, 0.15) is 17.4 Å². The molecule has 0 bridgehead atoms. The van der Waals surface area contributed by atoms with Gasteiger partial charge >= 0.3 is 5.97 Å². The van der Waals surface area contributed by atoms with Crippen LogP contribution >= 0.6 is 11.6 Å². The van der Waals surface area contributed by atoms with E-state index in [9.17, 15) is 17.6 Å². The highest BCUT2D eigenvalue weighted by atomic mass is 35.5. The highest BCUT2D eigenvalue weighted by Gasteiger charge is 2.31. The second kappa shape index (κ2) is 6.77. The predicted molar refractivity (Wildman–Crippen MR) is 100 cm³/mol. The van der Waals surface area contributed by atoms with Crippen LogP contribution in [0.3, 0.4) is 0 Å². The van der Waals surface area contributed by atoms with Crippen LogP contribution in [-0.4, -0.2) is 32.8 Å². The molecule has 1 aromatic heterocycles. The first-order chi connectivity index (χ1) is 12.3. The average Bonchev–Trinajstić information content (AvgIpc) is 2.93. The fraction of sp³-hybridized carbons (Fsp3) is 0.118. The Morgan fingerprint density at radius 2 is 1.88 bits per heavy atom. The minimum absolute atomic E-state index is 0.0244. The molecule has 0 aliphatic carbocycles. The summed E-state index contributed by atoms with van der Waals surface area (Å²) in [6.07, 6.45) is 0. The van der Waals surface area contributed by atoms with Crippen molar-refractivity contribution in [3.05, 3.63) is 59.0 Å². The number of ether oxygens (including phenoxy) is 1. The number of hydrogen-bond donors (Lipinski definition) is 0. The molecule has 1 heterocycles. The first-order valence-corrected chi connectivity index (χ1v) is 9.59. The normalized spacial score (nSPS) is 11.7. The van der Waals surface area contributed by atoms with Crippen molar-refractivity contribution in [2.75, 3.05) is 6.61 Å². The maximum atomic E-state index is 14.6. The van der Waals surface area contributed by atoms with Gasteiger partial charge in [0.25, 0.3) is 10.0 Å². The molecule has 0 aliphatic heterocycles. The number of benzene rings is 2. The lowest BCUT2D eigenvalue weighted by atomic mass is 9.92. The van der Waals surface area contributed by atoms with E-state index >= 15 is 0 Å². The largest absolute Gasteiger partial charge is 0.461 e. The molecule has 0 N–H and O–H groups in total. The van der Waals surface area contributed by atoms with Crippen molar-refractivity contribution in [1.29, 1.82) is 0 Å². The summed E-state index contributed by atoms with van der Waals surface area (Å²) < 4.78 is 46.8.